The molecule has 0 aliphatic heterocycles. The van der Waals surface area contributed by atoms with Gasteiger partial charge in [0.15, 0.2) is 0 Å². The summed E-state index contributed by atoms with van der Waals surface area (Å²) in [6.45, 7) is 0. The highest BCUT2D eigenvalue weighted by Gasteiger charge is 2.19. The second-order valence-electron chi connectivity index (χ2n) is 9.66. The molecule has 0 atom stereocenters. The Bertz CT molecular complexity index is 3340. The first-order valence-electron chi connectivity index (χ1n) is 20.8. The molecule has 0 bridgehead atoms. The van der Waals surface area contributed by atoms with E-state index in [0.29, 0.717) is 38.3 Å². The van der Waals surface area contributed by atoms with Gasteiger partial charge in [0.25, 0.3) is 0 Å². The van der Waals surface area contributed by atoms with Crippen molar-refractivity contribution in [1.82, 2.24) is 0 Å². The van der Waals surface area contributed by atoms with Crippen LogP contribution in [0.5, 0.6) is 0 Å². The molecule has 0 N–H and O–H groups in total. The molecular formula is C40H24O. The fraction of sp³-hybridized carbons (Fsp3) is 0. The van der Waals surface area contributed by atoms with Crippen molar-refractivity contribution in [2.45, 2.75) is 0 Å². The van der Waals surface area contributed by atoms with Gasteiger partial charge in [-0.2, -0.15) is 0 Å². The van der Waals surface area contributed by atoms with Crippen molar-refractivity contribution in [2.75, 3.05) is 0 Å². The Labute approximate surface area is 259 Å². The normalized spacial score (nSPS) is 17.4. The van der Waals surface area contributed by atoms with Gasteiger partial charge in [-0.1, -0.05) is 121 Å². The van der Waals surface area contributed by atoms with Crippen LogP contribution >= 0.6 is 0 Å². The Hall–Kier alpha value is -5.40. The number of fused-ring (bicyclic) bond motifs is 8. The van der Waals surface area contributed by atoms with Crippen molar-refractivity contribution >= 4 is 65.0 Å². The topological polar surface area (TPSA) is 13.1 Å². The van der Waals surface area contributed by atoms with Gasteiger partial charge in [0, 0.05) is 10.8 Å². The highest BCUT2D eigenvalue weighted by molar-refractivity contribution is 6.25. The maximum absolute atomic E-state index is 9.44. The van der Waals surface area contributed by atoms with Crippen LogP contribution in [-0.2, 0) is 0 Å². The first-order chi connectivity index (χ1) is 27.0. The lowest BCUT2D eigenvalue weighted by molar-refractivity contribution is 0.669. The molecule has 0 saturated carbocycles. The van der Waals surface area contributed by atoms with Crippen LogP contribution in [0.4, 0.5) is 0 Å². The maximum atomic E-state index is 9.44. The zero-order valence-corrected chi connectivity index (χ0v) is 21.0. The van der Waals surface area contributed by atoms with Gasteiger partial charge in [0.1, 0.15) is 11.2 Å². The molecule has 9 aromatic rings. The predicted molar refractivity (Wildman–Crippen MR) is 175 cm³/mol. The second kappa shape index (κ2) is 8.55. The fourth-order valence-electron chi connectivity index (χ4n) is 5.74. The fourth-order valence-corrected chi connectivity index (χ4v) is 5.74. The number of rotatable bonds is 2. The van der Waals surface area contributed by atoms with E-state index in [1.165, 1.54) is 0 Å². The van der Waals surface area contributed by atoms with Crippen LogP contribution in [0.15, 0.2) is 150 Å². The van der Waals surface area contributed by atoms with Gasteiger partial charge in [-0.3, -0.25) is 0 Å². The van der Waals surface area contributed by atoms with Gasteiger partial charge >= 0.3 is 0 Å². The highest BCUT2D eigenvalue weighted by Crippen LogP contribution is 2.45. The molecule has 0 radical (unpaired) electrons. The Balaban J connectivity index is 1.53. The lowest BCUT2D eigenvalue weighted by atomic mass is 9.88. The van der Waals surface area contributed by atoms with Crippen molar-refractivity contribution in [3.63, 3.8) is 0 Å². The van der Waals surface area contributed by atoms with Crippen LogP contribution in [-0.4, -0.2) is 0 Å². The Morgan fingerprint density at radius 1 is 0.463 bits per heavy atom. The van der Waals surface area contributed by atoms with Gasteiger partial charge in [0.2, 0.25) is 0 Å². The van der Waals surface area contributed by atoms with E-state index in [2.05, 4.69) is 0 Å². The summed E-state index contributed by atoms with van der Waals surface area (Å²) in [5.41, 5.74) is 1.27. The third-order valence-corrected chi connectivity index (χ3v) is 7.47. The molecule has 0 unspecified atom stereocenters. The number of hydrogen-bond acceptors (Lipinski definition) is 1. The summed E-state index contributed by atoms with van der Waals surface area (Å²) in [6.07, 6.45) is 0. The lowest BCUT2D eigenvalue weighted by Crippen LogP contribution is -1.88. The van der Waals surface area contributed by atoms with Gasteiger partial charge in [-0.15, -0.1) is 0 Å². The van der Waals surface area contributed by atoms with Crippen molar-refractivity contribution in [2.24, 2.45) is 0 Å². The number of hydrogen-bond donors (Lipinski definition) is 0. The summed E-state index contributed by atoms with van der Waals surface area (Å²) >= 11 is 0. The van der Waals surface area contributed by atoms with E-state index in [1.54, 1.807) is 48.5 Å². The quantitative estimate of drug-likeness (QED) is 0.158. The minimum Gasteiger partial charge on any atom is -0.456 e. The van der Waals surface area contributed by atoms with Crippen molar-refractivity contribution in [3.05, 3.63) is 145 Å². The molecule has 8 aromatic carbocycles. The summed E-state index contributed by atoms with van der Waals surface area (Å²) in [7, 11) is 0. The average Bonchev–Trinajstić information content (AvgIpc) is 3.57. The second-order valence-corrected chi connectivity index (χ2v) is 9.66. The molecule has 1 nitrogen and oxygen atoms in total. The molecule has 0 fully saturated rings. The van der Waals surface area contributed by atoms with E-state index in [0.717, 1.165) is 0 Å². The molecule has 9 rings (SSSR count). The van der Waals surface area contributed by atoms with Crippen LogP contribution in [0.3, 0.4) is 0 Å². The minimum absolute atomic E-state index is 0.0168. The van der Waals surface area contributed by atoms with Crippen LogP contribution in [0.2, 0.25) is 0 Å². The minimum atomic E-state index is -0.647. The van der Waals surface area contributed by atoms with Crippen LogP contribution in [0.1, 0.15) is 21.9 Å². The average molecular weight is 537 g/mol. The largest absolute Gasteiger partial charge is 0.456 e. The Morgan fingerprint density at radius 3 is 2.12 bits per heavy atom. The third kappa shape index (κ3) is 3.30. The SMILES string of the molecule is [2H]c1c([2H])c([2H])c(-c2cccc3cc4oc5cccc(-c6c7c([2H])c([2H])c([2H])c([2H])c7c([2H])c7c6c([2H])c([2H])c6c([2H])c([2H])c([2H])c([2H])c67)c5c4cc23)c([2H])c1[2H]. The van der Waals surface area contributed by atoms with Crippen molar-refractivity contribution in [1.29, 1.82) is 0 Å². The van der Waals surface area contributed by atoms with E-state index >= 15 is 0 Å². The zero-order valence-electron chi connectivity index (χ0n) is 37.0. The van der Waals surface area contributed by atoms with E-state index in [9.17, 15) is 2.74 Å². The molecule has 1 heterocycles. The monoisotopic (exact) mass is 536 g/mol. The van der Waals surface area contributed by atoms with E-state index in [4.69, 9.17) is 23.6 Å². The number of benzene rings is 8. The summed E-state index contributed by atoms with van der Waals surface area (Å²) in [6, 6.07) is 4.76. The molecule has 0 aliphatic carbocycles. The van der Waals surface area contributed by atoms with E-state index in [1.807, 2.05) is 0 Å². The van der Waals surface area contributed by atoms with E-state index < -0.39 is 96.7 Å². The standard InChI is InChI=1S/C40H24O/c1-2-10-25(11-3-1)29-17-8-14-28-23-38-36(24-34(28)29)40-33(18-9-19-37(40)41-38)39-31-16-7-5-13-27(31)22-35-30-15-6-4-12-26(30)20-21-32(35)39/h1-24H/i1D,2D,3D,4D,5D,6D,7D,10D,11D,12D,13D,15D,16D,20D,21D,22D. The molecule has 0 spiro atoms. The molecule has 0 saturated heterocycles. The summed E-state index contributed by atoms with van der Waals surface area (Å²) < 4.78 is 146. The highest BCUT2D eigenvalue weighted by atomic mass is 16.3. The summed E-state index contributed by atoms with van der Waals surface area (Å²) in [4.78, 5) is 0. The molecule has 41 heavy (non-hydrogen) atoms. The van der Waals surface area contributed by atoms with Crippen LogP contribution < -0.4 is 0 Å². The Morgan fingerprint density at radius 2 is 1.22 bits per heavy atom. The maximum Gasteiger partial charge on any atom is 0.136 e. The van der Waals surface area contributed by atoms with Crippen molar-refractivity contribution < 1.29 is 26.3 Å². The van der Waals surface area contributed by atoms with Gasteiger partial charge in [0.05, 0.1) is 21.9 Å². The molecule has 190 valence electrons. The zero-order chi connectivity index (χ0) is 40.8. The van der Waals surface area contributed by atoms with Gasteiger partial charge in [-0.05, 0) is 89.6 Å². The van der Waals surface area contributed by atoms with Gasteiger partial charge < -0.3 is 4.42 Å². The van der Waals surface area contributed by atoms with Crippen LogP contribution in [0.25, 0.3) is 87.3 Å². The summed E-state index contributed by atoms with van der Waals surface area (Å²) in [5.74, 6) is 0. The molecular weight excluding hydrogens is 496 g/mol. The number of furan rings is 1. The van der Waals surface area contributed by atoms with E-state index in [-0.39, 0.29) is 49.0 Å². The first-order valence-corrected chi connectivity index (χ1v) is 12.8. The molecule has 1 aromatic heterocycles. The molecule has 1 heteroatoms. The molecule has 0 aliphatic rings. The van der Waals surface area contributed by atoms with Crippen molar-refractivity contribution in [3.8, 4) is 22.3 Å². The summed E-state index contributed by atoms with van der Waals surface area (Å²) in [5, 5.41) is 0.672. The third-order valence-electron chi connectivity index (χ3n) is 7.47. The lowest BCUT2D eigenvalue weighted by Gasteiger charge is -2.15. The van der Waals surface area contributed by atoms with Gasteiger partial charge in [-0.25, -0.2) is 0 Å². The van der Waals surface area contributed by atoms with Crippen LogP contribution in [0, 0.1) is 0 Å². The Kier molecular flexibility index (Phi) is 2.50. The smallest absolute Gasteiger partial charge is 0.136 e. The molecule has 0 amide bonds. The predicted octanol–water partition coefficient (Wildman–Crippen LogP) is 11.5. The first kappa shape index (κ1) is 12.0.